The van der Waals surface area contributed by atoms with E-state index < -0.39 is 17.9 Å². The van der Waals surface area contributed by atoms with Gasteiger partial charge in [-0.1, -0.05) is 48.2 Å². The Kier molecular flexibility index (Phi) is 5.79. The Morgan fingerprint density at radius 1 is 1.09 bits per heavy atom. The van der Waals surface area contributed by atoms with Gasteiger partial charge in [-0.3, -0.25) is 4.79 Å². The number of fused-ring (bicyclic) bond motifs is 1. The smallest absolute Gasteiger partial charge is 0.309 e. The molecule has 0 atom stereocenters. The molecule has 2 aromatic carbocycles. The summed E-state index contributed by atoms with van der Waals surface area (Å²) in [6.07, 6.45) is -3.39. The lowest BCUT2D eigenvalue weighted by Gasteiger charge is -2.11. The Morgan fingerprint density at radius 3 is 2.53 bits per heavy atom. The summed E-state index contributed by atoms with van der Waals surface area (Å²) in [6, 6.07) is 17.1. The molecule has 0 aliphatic carbocycles. The van der Waals surface area contributed by atoms with Crippen molar-refractivity contribution in [2.45, 2.75) is 11.2 Å². The van der Waals surface area contributed by atoms with Crippen molar-refractivity contribution in [1.29, 1.82) is 5.26 Å². The molecule has 0 radical (unpaired) electrons. The maximum Gasteiger partial charge on any atom is 0.451 e. The fraction of sp³-hybridized carbons (Fsp3) is 0.0952. The molecule has 2 heterocycles. The van der Waals surface area contributed by atoms with Crippen molar-refractivity contribution in [2.75, 3.05) is 11.1 Å². The summed E-state index contributed by atoms with van der Waals surface area (Å²) >= 11 is 0.850. The first-order valence-corrected chi connectivity index (χ1v) is 10.2. The first kappa shape index (κ1) is 21.3. The van der Waals surface area contributed by atoms with E-state index in [4.69, 9.17) is 0 Å². The number of thioether (sulfide) groups is 1. The highest BCUT2D eigenvalue weighted by Gasteiger charge is 2.35. The van der Waals surface area contributed by atoms with Gasteiger partial charge in [0, 0.05) is 5.39 Å². The fourth-order valence-electron chi connectivity index (χ4n) is 2.90. The van der Waals surface area contributed by atoms with Crippen molar-refractivity contribution in [1.82, 2.24) is 19.7 Å². The maximum atomic E-state index is 13.2. The van der Waals surface area contributed by atoms with Crippen LogP contribution in [0.3, 0.4) is 0 Å². The molecule has 0 spiro atoms. The highest BCUT2D eigenvalue weighted by atomic mass is 32.2. The molecule has 1 amide bonds. The molecule has 0 unspecified atom stereocenters. The van der Waals surface area contributed by atoms with E-state index in [9.17, 15) is 23.2 Å². The third-order valence-corrected chi connectivity index (χ3v) is 5.30. The van der Waals surface area contributed by atoms with Crippen LogP contribution in [0, 0.1) is 11.3 Å². The van der Waals surface area contributed by atoms with Gasteiger partial charge >= 0.3 is 6.18 Å². The lowest BCUT2D eigenvalue weighted by molar-refractivity contribution is -0.145. The van der Waals surface area contributed by atoms with Crippen molar-refractivity contribution in [3.05, 3.63) is 72.2 Å². The summed E-state index contributed by atoms with van der Waals surface area (Å²) in [5.74, 6) is -1.86. The number of benzene rings is 2. The minimum Gasteiger partial charge on any atom is -0.309 e. The molecule has 2 aromatic heterocycles. The van der Waals surface area contributed by atoms with Crippen LogP contribution in [-0.4, -0.2) is 31.4 Å². The van der Waals surface area contributed by atoms with E-state index in [2.05, 4.69) is 20.4 Å². The Balaban J connectivity index is 1.58. The molecule has 1 N–H and O–H groups in total. The van der Waals surface area contributed by atoms with Gasteiger partial charge in [0.2, 0.25) is 11.7 Å². The van der Waals surface area contributed by atoms with Crippen LogP contribution in [0.4, 0.5) is 19.0 Å². The summed E-state index contributed by atoms with van der Waals surface area (Å²) in [6.45, 7) is 0. The lowest BCUT2D eigenvalue weighted by Crippen LogP contribution is -2.18. The normalized spacial score (nSPS) is 11.3. The zero-order chi connectivity index (χ0) is 22.7. The molecular formula is C21H13F3N6OS. The van der Waals surface area contributed by atoms with Crippen LogP contribution in [0.25, 0.3) is 16.6 Å². The average Bonchev–Trinajstić information content (AvgIpc) is 3.19. The van der Waals surface area contributed by atoms with E-state index in [1.807, 2.05) is 12.1 Å². The Labute approximate surface area is 183 Å². The predicted octanol–water partition coefficient (Wildman–Crippen LogP) is 4.44. The molecule has 0 aliphatic heterocycles. The van der Waals surface area contributed by atoms with Crippen LogP contribution in [0.1, 0.15) is 11.4 Å². The average molecular weight is 454 g/mol. The van der Waals surface area contributed by atoms with Crippen molar-refractivity contribution >= 4 is 34.4 Å². The Morgan fingerprint density at radius 2 is 1.81 bits per heavy atom. The van der Waals surface area contributed by atoms with E-state index >= 15 is 0 Å². The monoisotopic (exact) mass is 454 g/mol. The molecule has 11 heteroatoms. The molecule has 7 nitrogen and oxygen atoms in total. The first-order chi connectivity index (χ1) is 15.4. The van der Waals surface area contributed by atoms with E-state index in [0.29, 0.717) is 11.1 Å². The number of carbonyl (C=O) groups excluding carboxylic acids is 1. The third kappa shape index (κ3) is 4.40. The number of anilines is 1. The van der Waals surface area contributed by atoms with Crippen molar-refractivity contribution in [3.63, 3.8) is 0 Å². The molecular weight excluding hydrogens is 441 g/mol. The van der Waals surface area contributed by atoms with Gasteiger partial charge in [-0.25, -0.2) is 14.6 Å². The molecule has 32 heavy (non-hydrogen) atoms. The summed E-state index contributed by atoms with van der Waals surface area (Å²) in [5.41, 5.74) is 0.916. The highest BCUT2D eigenvalue weighted by Crippen LogP contribution is 2.32. The van der Waals surface area contributed by atoms with Crippen LogP contribution < -0.4 is 5.32 Å². The number of amides is 1. The second kappa shape index (κ2) is 8.68. The van der Waals surface area contributed by atoms with E-state index in [0.717, 1.165) is 11.8 Å². The Hall–Kier alpha value is -3.91. The number of para-hydroxylation sites is 2. The molecule has 0 saturated carbocycles. The second-order valence-electron chi connectivity index (χ2n) is 6.47. The highest BCUT2D eigenvalue weighted by molar-refractivity contribution is 8.00. The van der Waals surface area contributed by atoms with E-state index in [1.54, 1.807) is 42.5 Å². The van der Waals surface area contributed by atoms with Crippen LogP contribution in [0.2, 0.25) is 0 Å². The zero-order valence-corrected chi connectivity index (χ0v) is 17.0. The van der Waals surface area contributed by atoms with Crippen LogP contribution >= 0.6 is 11.8 Å². The van der Waals surface area contributed by atoms with Gasteiger partial charge in [0.15, 0.2) is 5.82 Å². The van der Waals surface area contributed by atoms with Gasteiger partial charge in [0.05, 0.1) is 23.2 Å². The van der Waals surface area contributed by atoms with Crippen LogP contribution in [-0.2, 0) is 11.0 Å². The number of alkyl halides is 3. The second-order valence-corrected chi connectivity index (χ2v) is 7.43. The molecule has 0 fully saturated rings. The number of hydrogen-bond acceptors (Lipinski definition) is 6. The largest absolute Gasteiger partial charge is 0.451 e. The fourth-order valence-corrected chi connectivity index (χ4v) is 3.72. The molecule has 0 aliphatic rings. The summed E-state index contributed by atoms with van der Waals surface area (Å²) < 4.78 is 41.0. The minimum atomic E-state index is -4.72. The summed E-state index contributed by atoms with van der Waals surface area (Å²) in [4.78, 5) is 19.8. The third-order valence-electron chi connectivity index (χ3n) is 4.31. The van der Waals surface area contributed by atoms with Crippen molar-refractivity contribution in [3.8, 4) is 11.8 Å². The van der Waals surface area contributed by atoms with E-state index in [1.165, 1.54) is 16.9 Å². The Bertz CT molecular complexity index is 1330. The number of nitrogens with zero attached hydrogens (tertiary/aromatic N) is 5. The standard InChI is InChI=1S/C21H13F3N6OS/c22-21(23,24)20-27-16-9-5-4-8-15(16)19(29-20)32-12-17(31)28-18-13(10-25)11-26-30(18)14-6-2-1-3-7-14/h1-9,11H,12H2,(H,28,31). The number of hydrogen-bond donors (Lipinski definition) is 1. The first-order valence-electron chi connectivity index (χ1n) is 9.17. The lowest BCUT2D eigenvalue weighted by atomic mass is 10.2. The van der Waals surface area contributed by atoms with Crippen molar-refractivity contribution in [2.24, 2.45) is 0 Å². The summed E-state index contributed by atoms with van der Waals surface area (Å²) in [5, 5.41) is 16.5. The number of halogens is 3. The van der Waals surface area contributed by atoms with Crippen LogP contribution in [0.15, 0.2) is 65.8 Å². The quantitative estimate of drug-likeness (QED) is 0.354. The number of nitriles is 1. The summed E-state index contributed by atoms with van der Waals surface area (Å²) in [7, 11) is 0. The van der Waals surface area contributed by atoms with Gasteiger partial charge in [-0.15, -0.1) is 0 Å². The predicted molar refractivity (Wildman–Crippen MR) is 112 cm³/mol. The maximum absolute atomic E-state index is 13.2. The number of aromatic nitrogens is 4. The van der Waals surface area contributed by atoms with Crippen molar-refractivity contribution < 1.29 is 18.0 Å². The van der Waals surface area contributed by atoms with Gasteiger partial charge < -0.3 is 5.32 Å². The molecule has 4 rings (SSSR count). The van der Waals surface area contributed by atoms with Gasteiger partial charge in [0.25, 0.3) is 0 Å². The number of carbonyl (C=O) groups is 1. The molecule has 0 saturated heterocycles. The number of rotatable bonds is 5. The SMILES string of the molecule is N#Cc1cnn(-c2ccccc2)c1NC(=O)CSc1nc(C(F)(F)F)nc2ccccc12. The molecule has 4 aromatic rings. The van der Waals surface area contributed by atoms with Gasteiger partial charge in [-0.05, 0) is 18.2 Å². The zero-order valence-electron chi connectivity index (χ0n) is 16.2. The van der Waals surface area contributed by atoms with Gasteiger partial charge in [0.1, 0.15) is 16.7 Å². The van der Waals surface area contributed by atoms with Crippen LogP contribution in [0.5, 0.6) is 0 Å². The van der Waals surface area contributed by atoms with Gasteiger partial charge in [-0.2, -0.15) is 23.5 Å². The topological polar surface area (TPSA) is 96.5 Å². The molecule has 0 bridgehead atoms. The minimum absolute atomic E-state index is 0.0372. The van der Waals surface area contributed by atoms with E-state index in [-0.39, 0.29) is 27.7 Å². The molecule has 160 valence electrons. The number of nitrogens with one attached hydrogen (secondary N) is 1.